The van der Waals surface area contributed by atoms with E-state index in [0.717, 1.165) is 6.42 Å². The number of amides is 1. The molecule has 2 fully saturated rings. The Morgan fingerprint density at radius 1 is 0.786 bits per heavy atom. The van der Waals surface area contributed by atoms with Crippen LogP contribution in [0, 0.1) is 27.1 Å². The second-order valence-electron chi connectivity index (χ2n) is 16.0. The third-order valence-corrected chi connectivity index (χ3v) is 12.4. The zero-order valence-electron chi connectivity index (χ0n) is 30.5. The van der Waals surface area contributed by atoms with Crippen molar-refractivity contribution in [3.63, 3.8) is 0 Å². The Hall–Kier alpha value is -1.43. The maximum atomic E-state index is 13.2. The van der Waals surface area contributed by atoms with Gasteiger partial charge in [-0.2, -0.15) is 0 Å². The SMILES string of the molecule is CC1(C)C(=O)OC(=O)C1(C)C.CCC(C)(C)C(C)(C)N(C)C(=O)C(C)(C)C(C)(C)C(=O)OC.CN1C(C)(C)C1(C)C.[Cr+3]. The van der Waals surface area contributed by atoms with Crippen LogP contribution in [0.2, 0.25) is 0 Å². The van der Waals surface area contributed by atoms with Crippen LogP contribution in [0.25, 0.3) is 0 Å². The van der Waals surface area contributed by atoms with Gasteiger partial charge in [0.15, 0.2) is 0 Å². The van der Waals surface area contributed by atoms with Crippen LogP contribution < -0.4 is 0 Å². The minimum Gasteiger partial charge on any atom is -0.469 e. The van der Waals surface area contributed by atoms with Crippen LogP contribution in [-0.2, 0) is 46.0 Å². The first kappa shape index (κ1) is 42.7. The van der Waals surface area contributed by atoms with Crippen molar-refractivity contribution in [3.8, 4) is 0 Å². The summed E-state index contributed by atoms with van der Waals surface area (Å²) in [6.45, 7) is 33.8. The first-order valence-corrected chi connectivity index (χ1v) is 14.7. The van der Waals surface area contributed by atoms with Gasteiger partial charge >= 0.3 is 35.3 Å². The fourth-order valence-corrected chi connectivity index (χ4v) is 4.36. The van der Waals surface area contributed by atoms with Crippen LogP contribution in [0.3, 0.4) is 0 Å². The molecule has 0 spiro atoms. The van der Waals surface area contributed by atoms with E-state index in [-0.39, 0.29) is 40.2 Å². The Morgan fingerprint density at radius 2 is 1.10 bits per heavy atom. The standard InChI is InChI=1S/C18H35NO3.C8H12O3.C7H15N.Cr/c1-12-15(2,3)18(8,9)19(10)13(20)16(4,5)17(6,7)14(21)22-11;1-7(2)5(9)11-6(10)8(7,3)4;1-6(2)7(3,4)8(6)5;/h12H2,1-11H3;1-4H3;1-5H3;/q;;;+3. The molecule has 0 atom stereocenters. The molecule has 0 unspecified atom stereocenters. The van der Waals surface area contributed by atoms with Crippen molar-refractivity contribution in [1.29, 1.82) is 0 Å². The van der Waals surface area contributed by atoms with E-state index in [1.165, 1.54) is 7.11 Å². The summed E-state index contributed by atoms with van der Waals surface area (Å²) in [5.74, 6) is -1.26. The predicted octanol–water partition coefficient (Wildman–Crippen LogP) is 6.49. The van der Waals surface area contributed by atoms with Gasteiger partial charge in [0.05, 0.1) is 28.8 Å². The molecular weight excluding hydrogens is 572 g/mol. The second-order valence-corrected chi connectivity index (χ2v) is 16.0. The Morgan fingerprint density at radius 3 is 1.29 bits per heavy atom. The minimum atomic E-state index is -0.903. The molecule has 0 saturated carbocycles. The van der Waals surface area contributed by atoms with Gasteiger partial charge in [0.2, 0.25) is 5.91 Å². The number of carbonyl (C=O) groups excluding carboxylic acids is 4. The smallest absolute Gasteiger partial charge is 0.469 e. The number of ether oxygens (including phenoxy) is 2. The molecule has 1 radical (unpaired) electrons. The summed E-state index contributed by atoms with van der Waals surface area (Å²) >= 11 is 0. The summed E-state index contributed by atoms with van der Waals surface area (Å²) in [5.41, 5.74) is -2.64. The Balaban J connectivity index is 0. The molecule has 0 N–H and O–H groups in total. The molecule has 0 bridgehead atoms. The van der Waals surface area contributed by atoms with Crippen molar-refractivity contribution < 1.29 is 46.0 Å². The van der Waals surface area contributed by atoms with Gasteiger partial charge in [0.25, 0.3) is 0 Å². The number of rotatable bonds is 6. The van der Waals surface area contributed by atoms with Crippen molar-refractivity contribution in [2.75, 3.05) is 21.2 Å². The number of hydrogen-bond donors (Lipinski definition) is 0. The van der Waals surface area contributed by atoms with Gasteiger partial charge < -0.3 is 14.4 Å². The van der Waals surface area contributed by atoms with Crippen LogP contribution in [0.5, 0.6) is 0 Å². The number of likely N-dealkylation sites (N-methyl/N-ethyl adjacent to an activating group) is 1. The van der Waals surface area contributed by atoms with E-state index >= 15 is 0 Å². The van der Waals surface area contributed by atoms with Crippen molar-refractivity contribution in [2.45, 2.75) is 141 Å². The number of methoxy groups -OCH3 is 1. The van der Waals surface area contributed by atoms with Gasteiger partial charge in [-0.25, -0.2) is 0 Å². The monoisotopic (exact) mass is 634 g/mol. The molecule has 2 aliphatic heterocycles. The summed E-state index contributed by atoms with van der Waals surface area (Å²) in [5, 5.41) is 0. The molecule has 42 heavy (non-hydrogen) atoms. The quantitative estimate of drug-likeness (QED) is 0.187. The zero-order valence-corrected chi connectivity index (χ0v) is 31.7. The Kier molecular flexibility index (Phi) is 13.1. The summed E-state index contributed by atoms with van der Waals surface area (Å²) in [7, 11) is 5.35. The maximum Gasteiger partial charge on any atom is 3.00 e. The van der Waals surface area contributed by atoms with Crippen LogP contribution >= 0.6 is 0 Å². The number of esters is 3. The molecule has 243 valence electrons. The Bertz CT molecular complexity index is 984. The molecule has 0 aromatic heterocycles. The first-order valence-electron chi connectivity index (χ1n) is 14.7. The van der Waals surface area contributed by atoms with Crippen molar-refractivity contribution in [2.24, 2.45) is 27.1 Å². The van der Waals surface area contributed by atoms with Gasteiger partial charge in [-0.05, 0) is 116 Å². The summed E-state index contributed by atoms with van der Waals surface area (Å²) in [6.07, 6.45) is 0.957. The Labute approximate surface area is 268 Å². The van der Waals surface area contributed by atoms with Crippen LogP contribution in [0.15, 0.2) is 0 Å². The third kappa shape index (κ3) is 7.10. The molecule has 2 saturated heterocycles. The molecule has 8 nitrogen and oxygen atoms in total. The molecule has 1 amide bonds. The maximum absolute atomic E-state index is 13.2. The van der Waals surface area contributed by atoms with Crippen molar-refractivity contribution in [3.05, 3.63) is 0 Å². The van der Waals surface area contributed by atoms with E-state index in [1.54, 1.807) is 46.4 Å². The third-order valence-electron chi connectivity index (χ3n) is 12.4. The van der Waals surface area contributed by atoms with Gasteiger partial charge in [0.1, 0.15) is 0 Å². The van der Waals surface area contributed by atoms with E-state index in [9.17, 15) is 19.2 Å². The van der Waals surface area contributed by atoms with E-state index in [0.29, 0.717) is 11.1 Å². The topological polar surface area (TPSA) is 93.0 Å². The fraction of sp³-hybridized carbons (Fsp3) is 0.879. The molecule has 2 aliphatic rings. The number of cyclic esters (lactones) is 2. The predicted molar refractivity (Wildman–Crippen MR) is 165 cm³/mol. The van der Waals surface area contributed by atoms with E-state index in [1.807, 2.05) is 20.9 Å². The average Bonchev–Trinajstić information content (AvgIpc) is 3.14. The number of nitrogens with zero attached hydrogens (tertiary/aromatic N) is 2. The fourth-order valence-electron chi connectivity index (χ4n) is 4.36. The van der Waals surface area contributed by atoms with Crippen molar-refractivity contribution >= 4 is 23.8 Å². The van der Waals surface area contributed by atoms with Crippen LogP contribution in [-0.4, -0.2) is 71.4 Å². The molecule has 9 heteroatoms. The van der Waals surface area contributed by atoms with Crippen LogP contribution in [0.1, 0.15) is 124 Å². The van der Waals surface area contributed by atoms with Gasteiger partial charge in [-0.1, -0.05) is 20.8 Å². The summed E-state index contributed by atoms with van der Waals surface area (Å²) in [4.78, 5) is 51.6. The summed E-state index contributed by atoms with van der Waals surface area (Å²) in [6, 6.07) is 0. The molecule has 0 aromatic carbocycles. The van der Waals surface area contributed by atoms with E-state index < -0.39 is 33.6 Å². The van der Waals surface area contributed by atoms with Gasteiger partial charge in [0, 0.05) is 23.7 Å². The van der Waals surface area contributed by atoms with Crippen molar-refractivity contribution in [1.82, 2.24) is 9.80 Å². The van der Waals surface area contributed by atoms with Gasteiger partial charge in [-0.15, -0.1) is 0 Å². The van der Waals surface area contributed by atoms with E-state index in [4.69, 9.17) is 4.74 Å². The molecule has 2 heterocycles. The minimum absolute atomic E-state index is 0. The van der Waals surface area contributed by atoms with E-state index in [2.05, 4.69) is 79.0 Å². The summed E-state index contributed by atoms with van der Waals surface area (Å²) < 4.78 is 9.41. The molecule has 2 rings (SSSR count). The normalized spacial score (nSPS) is 20.5. The molecule has 0 aromatic rings. The second kappa shape index (κ2) is 12.9. The average molecular weight is 635 g/mol. The van der Waals surface area contributed by atoms with Crippen LogP contribution in [0.4, 0.5) is 0 Å². The zero-order chi connectivity index (χ0) is 33.6. The molecule has 0 aliphatic carbocycles. The largest absolute Gasteiger partial charge is 3.00 e. The first-order chi connectivity index (χ1) is 17.8. The molecular formula is C33H62CrN2O6+3. The van der Waals surface area contributed by atoms with Gasteiger partial charge in [-0.3, -0.25) is 24.1 Å². The number of carbonyl (C=O) groups is 4. The number of hydrogen-bond acceptors (Lipinski definition) is 7.